The van der Waals surface area contributed by atoms with Gasteiger partial charge >= 0.3 is 6.09 Å². The highest BCUT2D eigenvalue weighted by Crippen LogP contribution is 2.36. The minimum atomic E-state index is -0.143. The lowest BCUT2D eigenvalue weighted by Crippen LogP contribution is -2.63. The van der Waals surface area contributed by atoms with Gasteiger partial charge in [0.2, 0.25) is 0 Å². The number of nitrogens with zero attached hydrogens (tertiary/aromatic N) is 1. The molecule has 0 aromatic heterocycles. The highest BCUT2D eigenvalue weighted by atomic mass is 32.2. The van der Waals surface area contributed by atoms with Crippen molar-refractivity contribution in [2.45, 2.75) is 25.1 Å². The summed E-state index contributed by atoms with van der Waals surface area (Å²) in [7, 11) is 0. The molecule has 2 saturated heterocycles. The number of hydrogen-bond acceptors (Lipinski definition) is 3. The second kappa shape index (κ2) is 4.61. The first-order valence-electron chi connectivity index (χ1n) is 5.91. The molecular formula is C13H15NO2S. The van der Waals surface area contributed by atoms with E-state index in [1.165, 1.54) is 0 Å². The average Bonchev–Trinajstić information content (AvgIpc) is 2.38. The van der Waals surface area contributed by atoms with Crippen molar-refractivity contribution in [3.8, 4) is 0 Å². The van der Waals surface area contributed by atoms with Crippen LogP contribution in [0.25, 0.3) is 0 Å². The van der Waals surface area contributed by atoms with Gasteiger partial charge in [-0.25, -0.2) is 4.79 Å². The Bertz CT molecular complexity index is 395. The molecule has 17 heavy (non-hydrogen) atoms. The quantitative estimate of drug-likeness (QED) is 0.806. The molecule has 0 radical (unpaired) electrons. The first-order valence-corrected chi connectivity index (χ1v) is 7.07. The van der Waals surface area contributed by atoms with E-state index in [0.717, 1.165) is 23.5 Å². The molecule has 0 saturated carbocycles. The van der Waals surface area contributed by atoms with Crippen LogP contribution in [0.15, 0.2) is 30.3 Å². The van der Waals surface area contributed by atoms with E-state index in [4.69, 9.17) is 4.74 Å². The summed E-state index contributed by atoms with van der Waals surface area (Å²) in [5.74, 6) is 2.13. The maximum Gasteiger partial charge on any atom is 0.410 e. The Morgan fingerprint density at radius 3 is 2.65 bits per heavy atom. The van der Waals surface area contributed by atoms with Gasteiger partial charge in [0, 0.05) is 23.6 Å². The average molecular weight is 249 g/mol. The second-order valence-corrected chi connectivity index (χ2v) is 5.60. The summed E-state index contributed by atoms with van der Waals surface area (Å²) < 4.78 is 5.35. The van der Waals surface area contributed by atoms with Crippen molar-refractivity contribution in [1.29, 1.82) is 0 Å². The molecule has 0 unspecified atom stereocenters. The van der Waals surface area contributed by atoms with Crippen LogP contribution < -0.4 is 0 Å². The Balaban J connectivity index is 1.54. The van der Waals surface area contributed by atoms with Gasteiger partial charge in [-0.15, -0.1) is 0 Å². The molecule has 0 aliphatic carbocycles. The first kappa shape index (κ1) is 11.0. The highest BCUT2D eigenvalue weighted by Gasteiger charge is 2.45. The lowest BCUT2D eigenvalue weighted by Gasteiger charge is -2.51. The molecule has 2 aliphatic rings. The van der Waals surface area contributed by atoms with Crippen LogP contribution >= 0.6 is 11.8 Å². The summed E-state index contributed by atoms with van der Waals surface area (Å²) in [6, 6.07) is 10.7. The minimum Gasteiger partial charge on any atom is -0.445 e. The Morgan fingerprint density at radius 1 is 1.29 bits per heavy atom. The highest BCUT2D eigenvalue weighted by molar-refractivity contribution is 7.99. The number of ether oxygens (including phenoxy) is 1. The van der Waals surface area contributed by atoms with Gasteiger partial charge in [0.05, 0.1) is 0 Å². The van der Waals surface area contributed by atoms with E-state index in [2.05, 4.69) is 0 Å². The molecule has 2 bridgehead atoms. The minimum absolute atomic E-state index is 0.143. The second-order valence-electron chi connectivity index (χ2n) is 4.53. The van der Waals surface area contributed by atoms with Gasteiger partial charge in [-0.1, -0.05) is 30.3 Å². The topological polar surface area (TPSA) is 29.5 Å². The van der Waals surface area contributed by atoms with Crippen molar-refractivity contribution in [1.82, 2.24) is 4.90 Å². The van der Waals surface area contributed by atoms with E-state index in [1.807, 2.05) is 47.0 Å². The SMILES string of the molecule is O=C(OCc1ccccc1)N1[C@@H]2CSC[C@H]1C2. The Kier molecular flexibility index (Phi) is 2.97. The zero-order chi connectivity index (χ0) is 11.7. The maximum absolute atomic E-state index is 11.9. The molecule has 2 fully saturated rings. The van der Waals surface area contributed by atoms with E-state index in [1.54, 1.807) is 0 Å². The zero-order valence-corrected chi connectivity index (χ0v) is 10.4. The molecule has 0 N–H and O–H groups in total. The standard InChI is InChI=1S/C13H15NO2S/c15-13(14-11-6-12(14)9-17-8-11)16-7-10-4-2-1-3-5-10/h1-5,11-12H,6-9H2/t11-,12+. The summed E-state index contributed by atoms with van der Waals surface area (Å²) in [4.78, 5) is 13.8. The predicted molar refractivity (Wildman–Crippen MR) is 68.0 cm³/mol. The fourth-order valence-electron chi connectivity index (χ4n) is 2.43. The third-order valence-corrected chi connectivity index (χ3v) is 4.61. The van der Waals surface area contributed by atoms with E-state index < -0.39 is 0 Å². The van der Waals surface area contributed by atoms with Gasteiger partial charge in [0.1, 0.15) is 6.61 Å². The van der Waals surface area contributed by atoms with E-state index in [0.29, 0.717) is 18.7 Å². The van der Waals surface area contributed by atoms with Crippen molar-refractivity contribution < 1.29 is 9.53 Å². The Labute approximate surface area is 105 Å². The number of carbonyl (C=O) groups is 1. The molecule has 90 valence electrons. The third kappa shape index (κ3) is 2.14. The maximum atomic E-state index is 11.9. The number of thioether (sulfide) groups is 1. The van der Waals surface area contributed by atoms with Crippen LogP contribution in [0.5, 0.6) is 0 Å². The van der Waals surface area contributed by atoms with E-state index >= 15 is 0 Å². The van der Waals surface area contributed by atoms with Gasteiger partial charge in [-0.05, 0) is 12.0 Å². The monoisotopic (exact) mass is 249 g/mol. The Morgan fingerprint density at radius 2 is 2.00 bits per heavy atom. The lowest BCUT2D eigenvalue weighted by molar-refractivity contribution is 0.0160. The number of carbonyl (C=O) groups excluding carboxylic acids is 1. The fraction of sp³-hybridized carbons (Fsp3) is 0.462. The number of hydrogen-bond donors (Lipinski definition) is 0. The number of benzene rings is 1. The number of fused-ring (bicyclic) bond motifs is 2. The van der Waals surface area contributed by atoms with Gasteiger partial charge < -0.3 is 9.64 Å². The number of amides is 1. The summed E-state index contributed by atoms with van der Waals surface area (Å²) in [5.41, 5.74) is 1.04. The number of rotatable bonds is 2. The van der Waals surface area contributed by atoms with Crippen LogP contribution in [0.2, 0.25) is 0 Å². The Hall–Kier alpha value is -1.16. The zero-order valence-electron chi connectivity index (χ0n) is 9.54. The van der Waals surface area contributed by atoms with Crippen molar-refractivity contribution >= 4 is 17.9 Å². The summed E-state index contributed by atoms with van der Waals surface area (Å²) in [6.07, 6.45) is 1.02. The van der Waals surface area contributed by atoms with E-state index in [-0.39, 0.29) is 6.09 Å². The van der Waals surface area contributed by atoms with E-state index in [9.17, 15) is 4.79 Å². The van der Waals surface area contributed by atoms with Gasteiger partial charge in [-0.3, -0.25) is 0 Å². The first-order chi connectivity index (χ1) is 8.34. The third-order valence-electron chi connectivity index (χ3n) is 3.37. The van der Waals surface area contributed by atoms with Crippen molar-refractivity contribution in [3.05, 3.63) is 35.9 Å². The summed E-state index contributed by atoms with van der Waals surface area (Å²) >= 11 is 1.94. The molecule has 1 aromatic carbocycles. The van der Waals surface area contributed by atoms with Crippen LogP contribution in [0.3, 0.4) is 0 Å². The molecule has 3 rings (SSSR count). The smallest absolute Gasteiger partial charge is 0.410 e. The molecule has 2 heterocycles. The van der Waals surface area contributed by atoms with Gasteiger partial charge in [0.25, 0.3) is 0 Å². The van der Waals surface area contributed by atoms with Crippen LogP contribution in [0.1, 0.15) is 12.0 Å². The molecular weight excluding hydrogens is 234 g/mol. The summed E-state index contributed by atoms with van der Waals surface area (Å²) in [6.45, 7) is 0.378. The van der Waals surface area contributed by atoms with Gasteiger partial charge in [0.15, 0.2) is 0 Å². The van der Waals surface area contributed by atoms with Crippen LogP contribution in [0.4, 0.5) is 4.79 Å². The lowest BCUT2D eigenvalue weighted by atomic mass is 9.96. The van der Waals surface area contributed by atoms with Crippen molar-refractivity contribution in [2.75, 3.05) is 11.5 Å². The fourth-order valence-corrected chi connectivity index (χ4v) is 3.70. The normalized spacial score (nSPS) is 26.2. The van der Waals surface area contributed by atoms with Crippen molar-refractivity contribution in [3.63, 3.8) is 0 Å². The molecule has 1 amide bonds. The van der Waals surface area contributed by atoms with Crippen molar-refractivity contribution in [2.24, 2.45) is 0 Å². The molecule has 2 aliphatic heterocycles. The van der Waals surface area contributed by atoms with Crippen LogP contribution in [-0.4, -0.2) is 34.6 Å². The van der Waals surface area contributed by atoms with Gasteiger partial charge in [-0.2, -0.15) is 11.8 Å². The largest absolute Gasteiger partial charge is 0.445 e. The van der Waals surface area contributed by atoms with Crippen LogP contribution in [0, 0.1) is 0 Å². The summed E-state index contributed by atoms with van der Waals surface area (Å²) in [5, 5.41) is 0. The molecule has 0 spiro atoms. The molecule has 1 aromatic rings. The van der Waals surface area contributed by atoms with Crippen LogP contribution in [-0.2, 0) is 11.3 Å². The molecule has 2 atom stereocenters. The molecule has 3 nitrogen and oxygen atoms in total. The molecule has 4 heteroatoms. The predicted octanol–water partition coefficient (Wildman–Crippen LogP) is 2.51.